The fraction of sp³-hybridized carbons (Fsp3) is 0.500. The summed E-state index contributed by atoms with van der Waals surface area (Å²) < 4.78 is 0. The van der Waals surface area contributed by atoms with Gasteiger partial charge in [-0.25, -0.2) is 0 Å². The first-order valence-electron chi connectivity index (χ1n) is 5.54. The molecular weight excluding hydrogens is 202 g/mol. The van der Waals surface area contributed by atoms with Crippen LogP contribution in [0.4, 0.5) is 5.69 Å². The molecule has 0 saturated heterocycles. The minimum Gasteiger partial charge on any atom is -0.696 e. The van der Waals surface area contributed by atoms with Crippen LogP contribution in [-0.2, 0) is 0 Å². The van der Waals surface area contributed by atoms with Crippen LogP contribution in [-0.4, -0.2) is 16.9 Å². The van der Waals surface area contributed by atoms with Crippen molar-refractivity contribution in [3.05, 3.63) is 35.5 Å². The predicted octanol–water partition coefficient (Wildman–Crippen LogP) is 3.19. The van der Waals surface area contributed by atoms with Crippen molar-refractivity contribution in [2.45, 2.75) is 39.8 Å². The molecule has 0 amide bonds. The highest BCUT2D eigenvalue weighted by atomic mass is 16.5. The largest absolute Gasteiger partial charge is 0.696 e. The van der Waals surface area contributed by atoms with E-state index < -0.39 is 0 Å². The normalized spacial score (nSPS) is 12.2. The van der Waals surface area contributed by atoms with Crippen LogP contribution in [0.3, 0.4) is 0 Å². The fourth-order valence-electron chi connectivity index (χ4n) is 1.23. The van der Waals surface area contributed by atoms with E-state index in [4.69, 9.17) is 0 Å². The first-order chi connectivity index (χ1) is 7.52. The zero-order chi connectivity index (χ0) is 12.1. The first-order valence-corrected chi connectivity index (χ1v) is 5.54. The number of benzene rings is 1. The summed E-state index contributed by atoms with van der Waals surface area (Å²) >= 11 is 0. The molecule has 16 heavy (non-hydrogen) atoms. The van der Waals surface area contributed by atoms with Crippen molar-refractivity contribution in [2.75, 3.05) is 5.01 Å². The molecule has 0 radical (unpaired) electrons. The summed E-state index contributed by atoms with van der Waals surface area (Å²) in [6, 6.07) is 9.70. The van der Waals surface area contributed by atoms with Crippen LogP contribution in [0.15, 0.2) is 35.6 Å². The summed E-state index contributed by atoms with van der Waals surface area (Å²) in [6.45, 7) is 7.65. The molecule has 0 fully saturated rings. The molecule has 0 heterocycles. The maximum atomic E-state index is 11.5. The van der Waals surface area contributed by atoms with Gasteiger partial charge in [0.1, 0.15) is 17.8 Å². The quantitative estimate of drug-likeness (QED) is 0.445. The van der Waals surface area contributed by atoms with Crippen molar-refractivity contribution in [1.29, 1.82) is 0 Å². The number of hydroxylamine groups is 1. The lowest BCUT2D eigenvalue weighted by atomic mass is 10.3. The Kier molecular flexibility index (Phi) is 4.28. The molecule has 0 N–H and O–H groups in total. The second-order valence-corrected chi connectivity index (χ2v) is 4.26. The molecule has 0 aromatic heterocycles. The molecule has 0 aliphatic carbocycles. The highest BCUT2D eigenvalue weighted by Gasteiger charge is 2.17. The van der Waals surface area contributed by atoms with E-state index in [-0.39, 0.29) is 12.1 Å². The van der Waals surface area contributed by atoms with Crippen LogP contribution < -0.4 is 5.01 Å². The van der Waals surface area contributed by atoms with Gasteiger partial charge in [0.2, 0.25) is 0 Å². The summed E-state index contributed by atoms with van der Waals surface area (Å²) in [6.07, 6.45) is 0. The SMILES string of the molecule is CC(C)N(/N=[N+](\[O-])C(C)C)c1ccccc1. The van der Waals surface area contributed by atoms with Gasteiger partial charge < -0.3 is 5.21 Å². The Labute approximate surface area is 96.8 Å². The Balaban J connectivity index is 2.98. The van der Waals surface area contributed by atoms with Crippen molar-refractivity contribution in [3.63, 3.8) is 0 Å². The number of hydrogen-bond acceptors (Lipinski definition) is 2. The minimum absolute atomic E-state index is 0.148. The number of rotatable bonds is 4. The van der Waals surface area contributed by atoms with Crippen LogP contribution in [0.5, 0.6) is 0 Å². The number of para-hydroxylation sites is 1. The zero-order valence-electron chi connectivity index (χ0n) is 10.3. The second-order valence-electron chi connectivity index (χ2n) is 4.26. The van der Waals surface area contributed by atoms with Crippen molar-refractivity contribution in [2.24, 2.45) is 5.22 Å². The van der Waals surface area contributed by atoms with Gasteiger partial charge in [-0.05, 0) is 39.8 Å². The van der Waals surface area contributed by atoms with Gasteiger partial charge in [-0.15, -0.1) is 5.01 Å². The summed E-state index contributed by atoms with van der Waals surface area (Å²) in [5.41, 5.74) is 0.930. The van der Waals surface area contributed by atoms with Crippen molar-refractivity contribution >= 4 is 5.69 Å². The van der Waals surface area contributed by atoms with E-state index in [1.807, 2.05) is 58.0 Å². The third-order valence-corrected chi connectivity index (χ3v) is 2.14. The molecule has 4 heteroatoms. The first kappa shape index (κ1) is 12.5. The average Bonchev–Trinajstić information content (AvgIpc) is 2.26. The van der Waals surface area contributed by atoms with E-state index in [0.29, 0.717) is 0 Å². The summed E-state index contributed by atoms with van der Waals surface area (Å²) in [7, 11) is 0. The van der Waals surface area contributed by atoms with E-state index in [1.54, 1.807) is 5.01 Å². The van der Waals surface area contributed by atoms with Gasteiger partial charge in [-0.3, -0.25) is 0 Å². The molecule has 0 aliphatic heterocycles. The molecule has 0 aliphatic rings. The molecule has 0 saturated carbocycles. The van der Waals surface area contributed by atoms with Crippen LogP contribution in [0.2, 0.25) is 0 Å². The van der Waals surface area contributed by atoms with E-state index in [1.165, 1.54) is 0 Å². The lowest BCUT2D eigenvalue weighted by Crippen LogP contribution is -2.28. The maximum absolute atomic E-state index is 11.5. The highest BCUT2D eigenvalue weighted by molar-refractivity contribution is 5.45. The Hall–Kier alpha value is -1.58. The molecule has 1 rings (SSSR count). The van der Waals surface area contributed by atoms with E-state index >= 15 is 0 Å². The summed E-state index contributed by atoms with van der Waals surface area (Å²) in [4.78, 5) is 0.729. The van der Waals surface area contributed by atoms with E-state index in [2.05, 4.69) is 5.22 Å². The third kappa shape index (κ3) is 3.22. The van der Waals surface area contributed by atoms with Gasteiger partial charge in [0.25, 0.3) is 0 Å². The van der Waals surface area contributed by atoms with Crippen molar-refractivity contribution in [1.82, 2.24) is 0 Å². The Morgan fingerprint density at radius 3 is 2.12 bits per heavy atom. The van der Waals surface area contributed by atoms with E-state index in [9.17, 15) is 5.21 Å². The monoisotopic (exact) mass is 221 g/mol. The molecule has 0 unspecified atom stereocenters. The number of hydrogen-bond donors (Lipinski definition) is 0. The third-order valence-electron chi connectivity index (χ3n) is 2.14. The Morgan fingerprint density at radius 2 is 1.69 bits per heavy atom. The van der Waals surface area contributed by atoms with Gasteiger partial charge >= 0.3 is 0 Å². The van der Waals surface area contributed by atoms with Gasteiger partial charge in [0.05, 0.1) is 5.22 Å². The molecular formula is C12H19N3O. The molecule has 4 nitrogen and oxygen atoms in total. The molecule has 88 valence electrons. The molecule has 1 aromatic carbocycles. The Bertz CT molecular complexity index is 347. The topological polar surface area (TPSA) is 41.7 Å². The molecule has 0 spiro atoms. The molecule has 1 aromatic rings. The summed E-state index contributed by atoms with van der Waals surface area (Å²) in [5.74, 6) is 0. The zero-order valence-corrected chi connectivity index (χ0v) is 10.3. The molecule has 0 atom stereocenters. The average molecular weight is 221 g/mol. The Morgan fingerprint density at radius 1 is 1.12 bits per heavy atom. The number of nitrogens with zero attached hydrogens (tertiary/aromatic N) is 3. The number of anilines is 1. The fourth-order valence-corrected chi connectivity index (χ4v) is 1.23. The van der Waals surface area contributed by atoms with Gasteiger partial charge in [0, 0.05) is 0 Å². The van der Waals surface area contributed by atoms with Gasteiger partial charge in [-0.2, -0.15) is 4.86 Å². The van der Waals surface area contributed by atoms with Gasteiger partial charge in [0.15, 0.2) is 0 Å². The van der Waals surface area contributed by atoms with Crippen molar-refractivity contribution in [3.8, 4) is 0 Å². The summed E-state index contributed by atoms with van der Waals surface area (Å²) in [5, 5.41) is 17.3. The van der Waals surface area contributed by atoms with Crippen LogP contribution in [0.1, 0.15) is 27.7 Å². The standard InChI is InChI=1S/C12H19N3O/c1-10(2)14(13-15(16)11(3)4)12-8-6-5-7-9-12/h5-11H,1-4H3/b15-13-. The minimum atomic E-state index is -0.148. The second kappa shape index (κ2) is 5.49. The van der Waals surface area contributed by atoms with Crippen LogP contribution in [0, 0.1) is 5.21 Å². The predicted molar refractivity (Wildman–Crippen MR) is 65.2 cm³/mol. The molecule has 0 bridgehead atoms. The smallest absolute Gasteiger partial charge is 0.149 e. The van der Waals surface area contributed by atoms with Gasteiger partial charge in [-0.1, -0.05) is 18.2 Å². The lowest BCUT2D eigenvalue weighted by Gasteiger charge is -2.18. The maximum Gasteiger partial charge on any atom is 0.149 e. The van der Waals surface area contributed by atoms with Crippen LogP contribution >= 0.6 is 0 Å². The van der Waals surface area contributed by atoms with E-state index in [0.717, 1.165) is 10.5 Å². The highest BCUT2D eigenvalue weighted by Crippen LogP contribution is 2.17. The lowest BCUT2D eigenvalue weighted by molar-refractivity contribution is -0.562. The van der Waals surface area contributed by atoms with Crippen molar-refractivity contribution < 1.29 is 4.86 Å². The van der Waals surface area contributed by atoms with Crippen LogP contribution in [0.25, 0.3) is 0 Å².